The molecule has 0 radical (unpaired) electrons. The van der Waals surface area contributed by atoms with Crippen molar-refractivity contribution in [2.75, 3.05) is 0 Å². The van der Waals surface area contributed by atoms with Gasteiger partial charge in [-0.15, -0.1) is 0 Å². The number of hydrogen-bond acceptors (Lipinski definition) is 1. The van der Waals surface area contributed by atoms with Crippen LogP contribution in [0.25, 0.3) is 0 Å². The average Bonchev–Trinajstić information content (AvgIpc) is 2.35. The molecule has 17 heavy (non-hydrogen) atoms. The molecule has 0 spiro atoms. The van der Waals surface area contributed by atoms with Gasteiger partial charge in [-0.3, -0.25) is 4.21 Å². The number of halogens is 1. The minimum Gasteiger partial charge on any atom is -0.254 e. The van der Waals surface area contributed by atoms with Gasteiger partial charge in [-0.2, -0.15) is 0 Å². The number of benzene rings is 2. The highest BCUT2D eigenvalue weighted by molar-refractivity contribution is 7.84. The summed E-state index contributed by atoms with van der Waals surface area (Å²) < 4.78 is 25.3. The largest absolute Gasteiger partial charge is 0.254 e. The van der Waals surface area contributed by atoms with Crippen molar-refractivity contribution in [1.29, 1.82) is 0 Å². The number of hydrogen-bond donors (Lipinski definition) is 0. The molecule has 1 atom stereocenters. The SMILES string of the molecule is Bc1ccc(CS(=O)c2ccccc2)cc1F. The monoisotopic (exact) mass is 246 g/mol. The molecule has 0 fully saturated rings. The van der Waals surface area contributed by atoms with Gasteiger partial charge >= 0.3 is 0 Å². The lowest BCUT2D eigenvalue weighted by atomic mass is 9.95. The second-order valence-corrected chi connectivity index (χ2v) is 5.34. The minimum atomic E-state index is -1.12. The van der Waals surface area contributed by atoms with Gasteiger partial charge in [0.15, 0.2) is 0 Å². The quantitative estimate of drug-likeness (QED) is 0.748. The zero-order valence-electron chi connectivity index (χ0n) is 9.52. The van der Waals surface area contributed by atoms with E-state index in [1.165, 1.54) is 6.07 Å². The van der Waals surface area contributed by atoms with Crippen LogP contribution in [0.15, 0.2) is 53.4 Å². The molecule has 0 bridgehead atoms. The second kappa shape index (κ2) is 5.28. The number of rotatable bonds is 3. The van der Waals surface area contributed by atoms with Gasteiger partial charge < -0.3 is 0 Å². The van der Waals surface area contributed by atoms with Crippen LogP contribution in [0.1, 0.15) is 5.56 Å². The Balaban J connectivity index is 2.16. The summed E-state index contributed by atoms with van der Waals surface area (Å²) in [6, 6.07) is 14.2. The van der Waals surface area contributed by atoms with Crippen molar-refractivity contribution < 1.29 is 8.60 Å². The van der Waals surface area contributed by atoms with Crippen LogP contribution < -0.4 is 5.46 Å². The molecule has 0 saturated heterocycles. The van der Waals surface area contributed by atoms with E-state index in [2.05, 4.69) is 0 Å². The summed E-state index contributed by atoms with van der Waals surface area (Å²) in [4.78, 5) is 0.772. The average molecular weight is 246 g/mol. The van der Waals surface area contributed by atoms with E-state index in [1.54, 1.807) is 13.9 Å². The fraction of sp³-hybridized carbons (Fsp3) is 0.0769. The lowest BCUT2D eigenvalue weighted by Gasteiger charge is -2.04. The Morgan fingerprint density at radius 1 is 1.12 bits per heavy atom. The van der Waals surface area contributed by atoms with E-state index >= 15 is 0 Å². The van der Waals surface area contributed by atoms with Gasteiger partial charge in [-0.05, 0) is 23.8 Å². The molecular weight excluding hydrogens is 234 g/mol. The molecule has 4 heteroatoms. The Hall–Kier alpha value is -1.42. The van der Waals surface area contributed by atoms with Gasteiger partial charge in [0.1, 0.15) is 13.7 Å². The molecule has 86 valence electrons. The third-order valence-corrected chi connectivity index (χ3v) is 3.93. The summed E-state index contributed by atoms with van der Waals surface area (Å²) in [5.74, 6) is 0.105. The Kier molecular flexibility index (Phi) is 3.74. The molecule has 0 heterocycles. The fourth-order valence-corrected chi connectivity index (χ4v) is 2.64. The van der Waals surface area contributed by atoms with Crippen molar-refractivity contribution in [3.8, 4) is 0 Å². The first kappa shape index (κ1) is 12.1. The zero-order chi connectivity index (χ0) is 12.3. The Labute approximate surface area is 104 Å². The Bertz CT molecular complexity index is 542. The maximum Gasteiger partial charge on any atom is 0.143 e. The fourth-order valence-electron chi connectivity index (χ4n) is 1.53. The highest BCUT2D eigenvalue weighted by Gasteiger charge is 2.06. The van der Waals surface area contributed by atoms with Gasteiger partial charge in [0.25, 0.3) is 0 Å². The van der Waals surface area contributed by atoms with Crippen LogP contribution in [-0.4, -0.2) is 12.1 Å². The first-order chi connectivity index (χ1) is 8.16. The summed E-state index contributed by atoms with van der Waals surface area (Å²) in [5, 5.41) is 0. The van der Waals surface area contributed by atoms with Crippen LogP contribution in [0.2, 0.25) is 0 Å². The summed E-state index contributed by atoms with van der Waals surface area (Å²) in [7, 11) is 0.600. The van der Waals surface area contributed by atoms with Crippen LogP contribution >= 0.6 is 0 Å². The molecule has 0 N–H and O–H groups in total. The van der Waals surface area contributed by atoms with Crippen LogP contribution in [0, 0.1) is 5.82 Å². The van der Waals surface area contributed by atoms with Crippen molar-refractivity contribution in [3.05, 3.63) is 59.9 Å². The van der Waals surface area contributed by atoms with Crippen LogP contribution in [0.4, 0.5) is 4.39 Å². The standard InChI is InChI=1S/C13H12BFOS/c14-12-7-6-10(8-13(12)15)9-17(16)11-4-2-1-3-5-11/h1-8H,9,14H2. The summed E-state index contributed by atoms with van der Waals surface area (Å²) in [6.45, 7) is 0. The molecular formula is C13H12BFOS. The van der Waals surface area contributed by atoms with E-state index in [4.69, 9.17) is 0 Å². The maximum absolute atomic E-state index is 13.3. The molecule has 0 aliphatic rings. The zero-order valence-corrected chi connectivity index (χ0v) is 10.3. The third kappa shape index (κ3) is 3.04. The minimum absolute atomic E-state index is 0.243. The van der Waals surface area contributed by atoms with Gasteiger partial charge in [-0.1, -0.05) is 35.8 Å². The van der Waals surface area contributed by atoms with E-state index in [-0.39, 0.29) is 5.82 Å². The van der Waals surface area contributed by atoms with Crippen LogP contribution in [0.5, 0.6) is 0 Å². The first-order valence-electron chi connectivity index (χ1n) is 5.35. The lowest BCUT2D eigenvalue weighted by Crippen LogP contribution is -2.09. The highest BCUT2D eigenvalue weighted by atomic mass is 32.2. The summed E-state index contributed by atoms with van der Waals surface area (Å²) >= 11 is 0. The van der Waals surface area contributed by atoms with Crippen molar-refractivity contribution in [3.63, 3.8) is 0 Å². The third-order valence-electron chi connectivity index (χ3n) is 2.54. The second-order valence-electron chi connectivity index (χ2n) is 3.89. The van der Waals surface area contributed by atoms with E-state index in [0.29, 0.717) is 11.2 Å². The van der Waals surface area contributed by atoms with Gasteiger partial charge in [-0.25, -0.2) is 4.39 Å². The molecule has 2 rings (SSSR count). The normalized spacial score (nSPS) is 12.3. The molecule has 0 aromatic heterocycles. The van der Waals surface area contributed by atoms with Crippen LogP contribution in [-0.2, 0) is 16.6 Å². The lowest BCUT2D eigenvalue weighted by molar-refractivity contribution is 0.634. The molecule has 1 nitrogen and oxygen atoms in total. The van der Waals surface area contributed by atoms with Crippen LogP contribution in [0.3, 0.4) is 0 Å². The van der Waals surface area contributed by atoms with Crippen molar-refractivity contribution in [2.45, 2.75) is 10.6 Å². The predicted octanol–water partition coefficient (Wildman–Crippen LogP) is 1.39. The van der Waals surface area contributed by atoms with E-state index in [9.17, 15) is 8.60 Å². The molecule has 2 aromatic carbocycles. The first-order valence-corrected chi connectivity index (χ1v) is 6.67. The summed E-state index contributed by atoms with van der Waals surface area (Å²) in [6.07, 6.45) is 0. The van der Waals surface area contributed by atoms with Crippen molar-refractivity contribution >= 4 is 24.1 Å². The Morgan fingerprint density at radius 2 is 1.82 bits per heavy atom. The molecule has 0 aliphatic heterocycles. The van der Waals surface area contributed by atoms with Crippen molar-refractivity contribution in [1.82, 2.24) is 0 Å². The van der Waals surface area contributed by atoms with Gasteiger partial charge in [0, 0.05) is 4.90 Å². The predicted molar refractivity (Wildman–Crippen MR) is 71.1 cm³/mol. The molecule has 0 saturated carbocycles. The molecule has 1 unspecified atom stereocenters. The van der Waals surface area contributed by atoms with E-state index in [1.807, 2.05) is 36.4 Å². The van der Waals surface area contributed by atoms with Gasteiger partial charge in [0.2, 0.25) is 0 Å². The molecule has 0 aliphatic carbocycles. The Morgan fingerprint density at radius 3 is 2.47 bits per heavy atom. The molecule has 0 amide bonds. The molecule has 2 aromatic rings. The van der Waals surface area contributed by atoms with Crippen molar-refractivity contribution in [2.24, 2.45) is 0 Å². The maximum atomic E-state index is 13.3. The van der Waals surface area contributed by atoms with E-state index in [0.717, 1.165) is 10.5 Å². The highest BCUT2D eigenvalue weighted by Crippen LogP contribution is 2.12. The summed E-state index contributed by atoms with van der Waals surface area (Å²) in [5.41, 5.74) is 1.37. The van der Waals surface area contributed by atoms with E-state index < -0.39 is 10.8 Å². The smallest absolute Gasteiger partial charge is 0.143 e. The van der Waals surface area contributed by atoms with Gasteiger partial charge in [0.05, 0.1) is 16.6 Å². The topological polar surface area (TPSA) is 17.1 Å².